The molecular weight excluding hydrogens is 183 g/mol. The Morgan fingerprint density at radius 2 is 2.14 bits per heavy atom. The topological polar surface area (TPSA) is 37.3 Å². The molecule has 0 aliphatic rings. The van der Waals surface area contributed by atoms with Crippen molar-refractivity contribution < 1.29 is 14.3 Å². The van der Waals surface area contributed by atoms with E-state index in [0.717, 1.165) is 0 Å². The van der Waals surface area contributed by atoms with Gasteiger partial charge in [-0.05, 0) is 18.6 Å². The largest absolute Gasteiger partial charge is 0.396 e. The molecule has 0 radical (unpaired) electrons. The van der Waals surface area contributed by atoms with Gasteiger partial charge in [-0.2, -0.15) is 0 Å². The lowest BCUT2D eigenvalue weighted by Gasteiger charge is -2.10. The highest BCUT2D eigenvalue weighted by Crippen LogP contribution is 2.14. The van der Waals surface area contributed by atoms with Gasteiger partial charge in [0.05, 0.1) is 12.2 Å². The summed E-state index contributed by atoms with van der Waals surface area (Å²) in [6, 6.07) is 5.83. The second kappa shape index (κ2) is 4.86. The highest BCUT2D eigenvalue weighted by atomic mass is 19.1. The molecule has 0 bridgehead atoms. The quantitative estimate of drug-likeness (QED) is 0.748. The van der Waals surface area contributed by atoms with E-state index in [1.54, 1.807) is 13.0 Å². The van der Waals surface area contributed by atoms with Crippen molar-refractivity contribution in [3.63, 3.8) is 0 Å². The van der Waals surface area contributed by atoms with Crippen LogP contribution in [-0.2, 0) is 0 Å². The fourth-order valence-corrected chi connectivity index (χ4v) is 1.28. The van der Waals surface area contributed by atoms with Crippen molar-refractivity contribution in [2.45, 2.75) is 13.3 Å². The predicted octanol–water partition coefficient (Wildman–Crippen LogP) is 2.03. The zero-order chi connectivity index (χ0) is 10.6. The van der Waals surface area contributed by atoms with E-state index in [0.29, 0.717) is 6.42 Å². The summed E-state index contributed by atoms with van der Waals surface area (Å²) in [4.78, 5) is 11.6. The molecule has 1 aromatic rings. The molecule has 0 heterocycles. The van der Waals surface area contributed by atoms with Crippen LogP contribution in [0.15, 0.2) is 24.3 Å². The van der Waals surface area contributed by atoms with Gasteiger partial charge in [-0.15, -0.1) is 0 Å². The van der Waals surface area contributed by atoms with Gasteiger partial charge in [-0.1, -0.05) is 19.1 Å². The smallest absolute Gasteiger partial charge is 0.171 e. The highest BCUT2D eigenvalue weighted by Gasteiger charge is 2.19. The van der Waals surface area contributed by atoms with Gasteiger partial charge < -0.3 is 5.11 Å². The van der Waals surface area contributed by atoms with Crippen molar-refractivity contribution in [3.8, 4) is 0 Å². The van der Waals surface area contributed by atoms with Gasteiger partial charge in [0.15, 0.2) is 5.78 Å². The van der Waals surface area contributed by atoms with Crippen molar-refractivity contribution in [2.75, 3.05) is 6.61 Å². The van der Waals surface area contributed by atoms with Crippen LogP contribution in [0.1, 0.15) is 23.7 Å². The van der Waals surface area contributed by atoms with Gasteiger partial charge in [-0.25, -0.2) is 4.39 Å². The van der Waals surface area contributed by atoms with E-state index >= 15 is 0 Å². The lowest BCUT2D eigenvalue weighted by atomic mass is 9.96. The van der Waals surface area contributed by atoms with Crippen LogP contribution < -0.4 is 0 Å². The van der Waals surface area contributed by atoms with E-state index in [1.807, 2.05) is 0 Å². The minimum atomic E-state index is -0.524. The monoisotopic (exact) mass is 196 g/mol. The molecule has 1 unspecified atom stereocenters. The Morgan fingerprint density at radius 3 is 2.64 bits per heavy atom. The first-order valence-electron chi connectivity index (χ1n) is 4.60. The van der Waals surface area contributed by atoms with Crippen LogP contribution in [0, 0.1) is 11.7 Å². The first-order valence-corrected chi connectivity index (χ1v) is 4.60. The van der Waals surface area contributed by atoms with Crippen molar-refractivity contribution in [2.24, 2.45) is 5.92 Å². The molecule has 0 aromatic heterocycles. The van der Waals surface area contributed by atoms with Crippen LogP contribution in [0.5, 0.6) is 0 Å². The molecule has 14 heavy (non-hydrogen) atoms. The summed E-state index contributed by atoms with van der Waals surface area (Å²) in [6.45, 7) is 1.56. The predicted molar refractivity (Wildman–Crippen MR) is 51.6 cm³/mol. The van der Waals surface area contributed by atoms with E-state index in [2.05, 4.69) is 0 Å². The number of aliphatic hydroxyl groups is 1. The molecule has 1 aromatic carbocycles. The zero-order valence-corrected chi connectivity index (χ0v) is 8.03. The maximum Gasteiger partial charge on any atom is 0.171 e. The summed E-state index contributed by atoms with van der Waals surface area (Å²) in [5.74, 6) is -1.34. The van der Waals surface area contributed by atoms with Crippen molar-refractivity contribution >= 4 is 5.78 Å². The SMILES string of the molecule is CCC(CO)C(=O)c1ccccc1F. The number of carbonyl (C=O) groups is 1. The van der Waals surface area contributed by atoms with Crippen LogP contribution in [0.4, 0.5) is 4.39 Å². The van der Waals surface area contributed by atoms with Gasteiger partial charge in [0.2, 0.25) is 0 Å². The van der Waals surface area contributed by atoms with Crippen LogP contribution in [0.25, 0.3) is 0 Å². The molecule has 1 N–H and O–H groups in total. The van der Waals surface area contributed by atoms with Gasteiger partial charge >= 0.3 is 0 Å². The Kier molecular flexibility index (Phi) is 3.77. The summed E-state index contributed by atoms with van der Waals surface area (Å²) >= 11 is 0. The van der Waals surface area contributed by atoms with Gasteiger partial charge in [0, 0.05) is 5.92 Å². The average molecular weight is 196 g/mol. The first-order chi connectivity index (χ1) is 6.70. The molecule has 3 heteroatoms. The number of benzene rings is 1. The minimum absolute atomic E-state index is 0.0633. The Balaban J connectivity index is 2.94. The molecule has 0 saturated carbocycles. The number of aliphatic hydroxyl groups excluding tert-OH is 1. The molecule has 1 rings (SSSR count). The van der Waals surface area contributed by atoms with Crippen molar-refractivity contribution in [1.82, 2.24) is 0 Å². The number of rotatable bonds is 4. The molecule has 0 saturated heterocycles. The molecule has 0 aliphatic carbocycles. The number of ketones is 1. The molecule has 0 aliphatic heterocycles. The van der Waals surface area contributed by atoms with Crippen LogP contribution in [-0.4, -0.2) is 17.5 Å². The highest BCUT2D eigenvalue weighted by molar-refractivity contribution is 5.98. The lowest BCUT2D eigenvalue weighted by molar-refractivity contribution is 0.0852. The number of hydrogen-bond acceptors (Lipinski definition) is 2. The number of hydrogen-bond donors (Lipinski definition) is 1. The van der Waals surface area contributed by atoms with Gasteiger partial charge in [-0.3, -0.25) is 4.79 Å². The minimum Gasteiger partial charge on any atom is -0.396 e. The maximum atomic E-state index is 13.2. The van der Waals surface area contributed by atoms with Gasteiger partial charge in [0.25, 0.3) is 0 Å². The second-order valence-electron chi connectivity index (χ2n) is 3.13. The first kappa shape index (κ1) is 10.9. The Labute approximate surface area is 82.4 Å². The van der Waals surface area contributed by atoms with E-state index in [4.69, 9.17) is 5.11 Å². The van der Waals surface area contributed by atoms with Crippen LogP contribution >= 0.6 is 0 Å². The zero-order valence-electron chi connectivity index (χ0n) is 8.03. The molecule has 2 nitrogen and oxygen atoms in total. The van der Waals surface area contributed by atoms with E-state index in [1.165, 1.54) is 18.2 Å². The Morgan fingerprint density at radius 1 is 1.50 bits per heavy atom. The Bertz CT molecular complexity index is 319. The number of halogens is 1. The second-order valence-corrected chi connectivity index (χ2v) is 3.13. The average Bonchev–Trinajstić information content (AvgIpc) is 2.20. The van der Waals surface area contributed by atoms with Crippen LogP contribution in [0.2, 0.25) is 0 Å². The standard InChI is InChI=1S/C11H13FO2/c1-2-8(7-13)11(14)9-5-3-4-6-10(9)12/h3-6,8,13H,2,7H2,1H3. The fraction of sp³-hybridized carbons (Fsp3) is 0.364. The maximum absolute atomic E-state index is 13.2. The normalized spacial score (nSPS) is 12.5. The number of carbonyl (C=O) groups excluding carboxylic acids is 1. The van der Waals surface area contributed by atoms with E-state index in [-0.39, 0.29) is 18.0 Å². The molecule has 0 spiro atoms. The van der Waals surface area contributed by atoms with Crippen molar-refractivity contribution in [3.05, 3.63) is 35.6 Å². The van der Waals surface area contributed by atoms with Crippen molar-refractivity contribution in [1.29, 1.82) is 0 Å². The summed E-state index contributed by atoms with van der Waals surface area (Å²) in [5, 5.41) is 8.91. The Hall–Kier alpha value is -1.22. The lowest BCUT2D eigenvalue weighted by Crippen LogP contribution is -2.18. The summed E-state index contributed by atoms with van der Waals surface area (Å²) < 4.78 is 13.2. The fourth-order valence-electron chi connectivity index (χ4n) is 1.28. The number of Topliss-reactive ketones (excluding diaryl/α,β-unsaturated/α-hetero) is 1. The molecule has 76 valence electrons. The third kappa shape index (κ3) is 2.17. The van der Waals surface area contributed by atoms with Gasteiger partial charge in [0.1, 0.15) is 5.82 Å². The van der Waals surface area contributed by atoms with Crippen LogP contribution in [0.3, 0.4) is 0 Å². The third-order valence-corrected chi connectivity index (χ3v) is 2.22. The summed E-state index contributed by atoms with van der Waals surface area (Å²) in [6.07, 6.45) is 0.518. The molecule has 1 atom stereocenters. The molecule has 0 amide bonds. The third-order valence-electron chi connectivity index (χ3n) is 2.22. The van der Waals surface area contributed by atoms with E-state index < -0.39 is 11.7 Å². The summed E-state index contributed by atoms with van der Waals surface area (Å²) in [7, 11) is 0. The molecule has 0 fully saturated rings. The van der Waals surface area contributed by atoms with E-state index in [9.17, 15) is 9.18 Å². The summed E-state index contributed by atoms with van der Waals surface area (Å²) in [5.41, 5.74) is 0.0633. The molecular formula is C11H13FO2.